The number of anilines is 1. The van der Waals surface area contributed by atoms with Crippen LogP contribution in [0.25, 0.3) is 16.8 Å². The van der Waals surface area contributed by atoms with E-state index in [4.69, 9.17) is 11.5 Å². The van der Waals surface area contributed by atoms with E-state index in [1.54, 1.807) is 6.20 Å². The van der Waals surface area contributed by atoms with Gasteiger partial charge in [0, 0.05) is 30.0 Å². The van der Waals surface area contributed by atoms with E-state index in [0.29, 0.717) is 12.0 Å². The average molecular weight is 415 g/mol. The van der Waals surface area contributed by atoms with E-state index in [1.165, 1.54) is 16.7 Å². The normalized spacial score (nSPS) is 25.3. The molecule has 1 saturated carbocycles. The predicted molar refractivity (Wildman–Crippen MR) is 127 cm³/mol. The molecule has 1 aliphatic heterocycles. The summed E-state index contributed by atoms with van der Waals surface area (Å²) in [6.45, 7) is 2.14. The van der Waals surface area contributed by atoms with Gasteiger partial charge in [0.2, 0.25) is 0 Å². The highest BCUT2D eigenvalue weighted by Gasteiger charge is 2.39. The molecule has 6 N–H and O–H groups in total. The fourth-order valence-corrected chi connectivity index (χ4v) is 4.82. The third kappa shape index (κ3) is 3.84. The minimum atomic E-state index is -0.642. The highest BCUT2D eigenvalue weighted by atomic mass is 15.5. The van der Waals surface area contributed by atoms with E-state index >= 15 is 0 Å². The Balaban J connectivity index is 1.42. The molecule has 160 valence electrons. The Hall–Kier alpha value is -3.09. The largest absolute Gasteiger partial charge is 0.353 e. The number of nitrogens with one attached hydrogen (secondary N) is 2. The average Bonchev–Trinajstić information content (AvgIpc) is 3.23. The summed E-state index contributed by atoms with van der Waals surface area (Å²) in [5, 5.41) is 3.55. The van der Waals surface area contributed by atoms with Crippen LogP contribution in [0.5, 0.6) is 0 Å². The van der Waals surface area contributed by atoms with Crippen molar-refractivity contribution < 1.29 is 0 Å². The van der Waals surface area contributed by atoms with Crippen molar-refractivity contribution in [2.24, 2.45) is 17.4 Å². The van der Waals surface area contributed by atoms with Gasteiger partial charge < -0.3 is 22.2 Å². The Bertz CT molecular complexity index is 1090. The lowest BCUT2D eigenvalue weighted by atomic mass is 9.78. The molecule has 0 radical (unpaired) electrons. The fraction of sp³-hybridized carbons (Fsp3) is 0.320. The maximum Gasteiger partial charge on any atom is 0.174 e. The molecule has 2 aromatic carbocycles. The second kappa shape index (κ2) is 7.87. The molecule has 5 rings (SSSR count). The molecule has 0 amide bonds. The first-order valence-electron chi connectivity index (χ1n) is 11.0. The Morgan fingerprint density at radius 2 is 1.81 bits per heavy atom. The van der Waals surface area contributed by atoms with Gasteiger partial charge >= 0.3 is 0 Å². The van der Waals surface area contributed by atoms with Crippen molar-refractivity contribution in [2.75, 3.05) is 10.7 Å². The summed E-state index contributed by atoms with van der Waals surface area (Å²) in [5.74, 6) is 1.15. The zero-order valence-electron chi connectivity index (χ0n) is 17.9. The Morgan fingerprint density at radius 3 is 2.55 bits per heavy atom. The Labute approximate surface area is 183 Å². The molecule has 1 unspecified atom stereocenters. The summed E-state index contributed by atoms with van der Waals surface area (Å²) in [6.07, 6.45) is 9.88. The lowest BCUT2D eigenvalue weighted by molar-refractivity contribution is 0.239. The summed E-state index contributed by atoms with van der Waals surface area (Å²) in [5.41, 5.74) is 21.5. The number of benzene rings is 2. The minimum Gasteiger partial charge on any atom is -0.353 e. The van der Waals surface area contributed by atoms with Crippen molar-refractivity contribution in [3.05, 3.63) is 78.4 Å². The zero-order valence-corrected chi connectivity index (χ0v) is 17.9. The summed E-state index contributed by atoms with van der Waals surface area (Å²) in [7, 11) is 0. The van der Waals surface area contributed by atoms with Crippen LogP contribution in [0, 0.1) is 12.8 Å². The van der Waals surface area contributed by atoms with Gasteiger partial charge in [0.1, 0.15) is 5.66 Å². The third-order valence-corrected chi connectivity index (χ3v) is 6.65. The number of hydrogen-bond acceptors (Lipinski definition) is 5. The van der Waals surface area contributed by atoms with Gasteiger partial charge in [-0.05, 0) is 67.5 Å². The van der Waals surface area contributed by atoms with Crippen molar-refractivity contribution in [1.29, 1.82) is 0 Å². The molecule has 0 bridgehead atoms. The second-order valence-corrected chi connectivity index (χ2v) is 8.85. The second-order valence-electron chi connectivity index (χ2n) is 8.85. The van der Waals surface area contributed by atoms with Gasteiger partial charge in [-0.15, -0.1) is 0 Å². The molecule has 31 heavy (non-hydrogen) atoms. The lowest BCUT2D eigenvalue weighted by Gasteiger charge is -2.42. The predicted octanol–water partition coefficient (Wildman–Crippen LogP) is 4.04. The van der Waals surface area contributed by atoms with Crippen molar-refractivity contribution in [3.63, 3.8) is 0 Å². The molecule has 2 aliphatic rings. The number of rotatable bonds is 4. The monoisotopic (exact) mass is 414 g/mol. The molecule has 1 fully saturated rings. The maximum atomic E-state index is 6.90. The van der Waals surface area contributed by atoms with Gasteiger partial charge in [-0.3, -0.25) is 0 Å². The summed E-state index contributed by atoms with van der Waals surface area (Å²) >= 11 is 0. The lowest BCUT2D eigenvalue weighted by Crippen LogP contribution is -2.58. The smallest absolute Gasteiger partial charge is 0.174 e. The van der Waals surface area contributed by atoms with E-state index < -0.39 is 5.66 Å². The number of aromatic nitrogens is 2. The fourth-order valence-electron chi connectivity index (χ4n) is 4.82. The minimum absolute atomic E-state index is 0.292. The summed E-state index contributed by atoms with van der Waals surface area (Å²) in [4.78, 5) is 4.53. The van der Waals surface area contributed by atoms with Crippen LogP contribution in [0.4, 0.5) is 5.69 Å². The number of imidazole rings is 1. The first-order valence-corrected chi connectivity index (χ1v) is 11.0. The van der Waals surface area contributed by atoms with Crippen LogP contribution in [-0.4, -0.2) is 21.4 Å². The van der Waals surface area contributed by atoms with Crippen LogP contribution >= 0.6 is 0 Å². The van der Waals surface area contributed by atoms with Gasteiger partial charge in [0.05, 0.1) is 5.70 Å². The summed E-state index contributed by atoms with van der Waals surface area (Å²) < 4.78 is 1.93. The van der Waals surface area contributed by atoms with Crippen LogP contribution in [0.2, 0.25) is 0 Å². The van der Waals surface area contributed by atoms with E-state index in [-0.39, 0.29) is 0 Å². The first-order chi connectivity index (χ1) is 15.0. The topological polar surface area (TPSA) is 93.9 Å². The van der Waals surface area contributed by atoms with Crippen molar-refractivity contribution >= 4 is 11.4 Å². The highest BCUT2D eigenvalue weighted by Crippen LogP contribution is 2.35. The molecular formula is C25H30N6. The van der Waals surface area contributed by atoms with E-state index in [1.807, 2.05) is 10.9 Å². The van der Waals surface area contributed by atoms with Crippen molar-refractivity contribution in [2.45, 2.75) is 44.3 Å². The number of nitrogens with two attached hydrogens (primary N) is 2. The number of fused-ring (bicyclic) bond motifs is 1. The number of aryl methyl sites for hydroxylation is 1. The SMILES string of the molecule is Cc1ccccc1-c1ccc(NC2=CC(N)(C3CCC(N)CC3)Nn3ccnc32)cc1. The Kier molecular flexibility index (Phi) is 5.04. The molecule has 6 nitrogen and oxygen atoms in total. The van der Waals surface area contributed by atoms with Crippen LogP contribution in [0.3, 0.4) is 0 Å². The summed E-state index contributed by atoms with van der Waals surface area (Å²) in [6, 6.07) is 17.2. The van der Waals surface area contributed by atoms with Gasteiger partial charge in [-0.2, -0.15) is 0 Å². The van der Waals surface area contributed by atoms with Gasteiger partial charge in [0.25, 0.3) is 0 Å². The molecule has 3 aromatic rings. The van der Waals surface area contributed by atoms with Crippen LogP contribution < -0.4 is 22.2 Å². The van der Waals surface area contributed by atoms with Crippen LogP contribution in [0.1, 0.15) is 37.1 Å². The quantitative estimate of drug-likeness (QED) is 0.517. The van der Waals surface area contributed by atoms with Gasteiger partial charge in [-0.1, -0.05) is 36.4 Å². The molecular weight excluding hydrogens is 384 g/mol. The molecule has 0 spiro atoms. The maximum absolute atomic E-state index is 6.90. The van der Waals surface area contributed by atoms with E-state index in [0.717, 1.165) is 42.9 Å². The zero-order chi connectivity index (χ0) is 21.4. The number of nitrogens with zero attached hydrogens (tertiary/aromatic N) is 2. The third-order valence-electron chi connectivity index (χ3n) is 6.65. The van der Waals surface area contributed by atoms with Crippen LogP contribution in [0.15, 0.2) is 67.0 Å². The molecule has 0 saturated heterocycles. The van der Waals surface area contributed by atoms with Crippen molar-refractivity contribution in [1.82, 2.24) is 9.66 Å². The Morgan fingerprint density at radius 1 is 1.06 bits per heavy atom. The van der Waals surface area contributed by atoms with Crippen LogP contribution in [-0.2, 0) is 0 Å². The first kappa shape index (κ1) is 19.8. The van der Waals surface area contributed by atoms with Gasteiger partial charge in [0.15, 0.2) is 5.82 Å². The molecule has 1 aliphatic carbocycles. The highest BCUT2D eigenvalue weighted by molar-refractivity contribution is 5.78. The van der Waals surface area contributed by atoms with Crippen molar-refractivity contribution in [3.8, 4) is 11.1 Å². The van der Waals surface area contributed by atoms with Gasteiger partial charge in [-0.25, -0.2) is 9.66 Å². The molecule has 6 heteroatoms. The molecule has 1 atom stereocenters. The number of hydrogen-bond donors (Lipinski definition) is 4. The van der Waals surface area contributed by atoms with E-state index in [2.05, 4.69) is 77.3 Å². The molecule has 2 heterocycles. The molecule has 1 aromatic heterocycles. The van der Waals surface area contributed by atoms with E-state index in [9.17, 15) is 0 Å². The standard InChI is InChI=1S/C25H30N6/c1-17-4-2-3-5-22(17)18-6-12-21(13-7-18)29-23-16-25(27,19-8-10-20(26)11-9-19)30-31-15-14-28-24(23)31/h2-7,12-16,19-20,29-30H,8-11,26-27H2,1H3.